The van der Waals surface area contributed by atoms with Crippen molar-refractivity contribution in [1.82, 2.24) is 9.97 Å². The van der Waals surface area contributed by atoms with Crippen molar-refractivity contribution in [2.75, 3.05) is 11.9 Å². The van der Waals surface area contributed by atoms with Gasteiger partial charge >= 0.3 is 0 Å². The van der Waals surface area contributed by atoms with Crippen molar-refractivity contribution in [3.63, 3.8) is 0 Å². The van der Waals surface area contributed by atoms with E-state index in [1.54, 1.807) is 6.92 Å². The molecular weight excluding hydrogens is 219 g/mol. The monoisotopic (exact) mass is 240 g/mol. The van der Waals surface area contributed by atoms with E-state index < -0.39 is 5.82 Å². The van der Waals surface area contributed by atoms with Crippen molar-refractivity contribution in [1.29, 1.82) is 0 Å². The van der Waals surface area contributed by atoms with Crippen LogP contribution in [0.3, 0.4) is 0 Å². The number of hydrogen-bond donors (Lipinski definition) is 2. The van der Waals surface area contributed by atoms with Crippen LogP contribution >= 0.6 is 0 Å². The molecular formula is C12H21FN4. The van der Waals surface area contributed by atoms with Gasteiger partial charge < -0.3 is 11.1 Å². The number of rotatable bonds is 4. The van der Waals surface area contributed by atoms with Gasteiger partial charge in [0.1, 0.15) is 6.33 Å². The van der Waals surface area contributed by atoms with E-state index in [2.05, 4.69) is 36.1 Å². The minimum Gasteiger partial charge on any atom is -0.364 e. The first-order valence-electron chi connectivity index (χ1n) is 5.80. The molecule has 0 amide bonds. The molecule has 1 heterocycles. The SMILES string of the molecule is Cc1ncnc(NC(CCN)C(C)(C)C)c1F. The van der Waals surface area contributed by atoms with Gasteiger partial charge in [-0.1, -0.05) is 20.8 Å². The number of aromatic nitrogens is 2. The first kappa shape index (κ1) is 13.8. The lowest BCUT2D eigenvalue weighted by Gasteiger charge is -2.31. The molecule has 4 nitrogen and oxygen atoms in total. The quantitative estimate of drug-likeness (QED) is 0.846. The van der Waals surface area contributed by atoms with Crippen molar-refractivity contribution >= 4 is 5.82 Å². The molecule has 0 saturated heterocycles. The third-order valence-electron chi connectivity index (χ3n) is 2.78. The number of nitrogens with zero attached hydrogens (tertiary/aromatic N) is 2. The minimum absolute atomic E-state index is 0.00926. The highest BCUT2D eigenvalue weighted by Gasteiger charge is 2.25. The lowest BCUT2D eigenvalue weighted by molar-refractivity contribution is 0.327. The molecule has 5 heteroatoms. The Hall–Kier alpha value is -1.23. The topological polar surface area (TPSA) is 63.8 Å². The summed E-state index contributed by atoms with van der Waals surface area (Å²) in [5, 5.41) is 3.12. The fraction of sp³-hybridized carbons (Fsp3) is 0.667. The van der Waals surface area contributed by atoms with Crippen LogP contribution in [0.2, 0.25) is 0 Å². The van der Waals surface area contributed by atoms with Crippen LogP contribution in [-0.2, 0) is 0 Å². The van der Waals surface area contributed by atoms with Gasteiger partial charge in [-0.15, -0.1) is 0 Å². The number of halogens is 1. The largest absolute Gasteiger partial charge is 0.364 e. The van der Waals surface area contributed by atoms with E-state index in [-0.39, 0.29) is 17.3 Å². The van der Waals surface area contributed by atoms with Gasteiger partial charge in [0.05, 0.1) is 5.69 Å². The summed E-state index contributed by atoms with van der Waals surface area (Å²) in [6.45, 7) is 8.45. The summed E-state index contributed by atoms with van der Waals surface area (Å²) in [6, 6.07) is 0.0799. The Balaban J connectivity index is 2.90. The Morgan fingerprint density at radius 2 is 2.06 bits per heavy atom. The van der Waals surface area contributed by atoms with Crippen LogP contribution < -0.4 is 11.1 Å². The molecule has 0 aliphatic rings. The lowest BCUT2D eigenvalue weighted by atomic mass is 9.85. The standard InChI is InChI=1S/C12H21FN4/c1-8-10(13)11(16-7-15-8)17-9(5-6-14)12(2,3)4/h7,9H,5-6,14H2,1-4H3,(H,15,16,17). The predicted molar refractivity (Wildman–Crippen MR) is 67.3 cm³/mol. The maximum Gasteiger partial charge on any atom is 0.186 e. The van der Waals surface area contributed by atoms with Crippen LogP contribution in [0.1, 0.15) is 32.9 Å². The third-order valence-corrected chi connectivity index (χ3v) is 2.78. The average molecular weight is 240 g/mol. The Morgan fingerprint density at radius 1 is 1.41 bits per heavy atom. The summed E-state index contributed by atoms with van der Waals surface area (Å²) in [6.07, 6.45) is 2.13. The molecule has 3 N–H and O–H groups in total. The van der Waals surface area contributed by atoms with Crippen molar-refractivity contribution in [3.8, 4) is 0 Å². The number of nitrogens with two attached hydrogens (primary N) is 1. The summed E-state index contributed by atoms with van der Waals surface area (Å²) in [4.78, 5) is 7.74. The molecule has 0 aliphatic heterocycles. The van der Waals surface area contributed by atoms with E-state index >= 15 is 0 Å². The zero-order valence-electron chi connectivity index (χ0n) is 10.9. The maximum absolute atomic E-state index is 13.8. The molecule has 1 aromatic rings. The van der Waals surface area contributed by atoms with E-state index in [1.165, 1.54) is 6.33 Å². The van der Waals surface area contributed by atoms with Gasteiger partial charge in [-0.05, 0) is 25.3 Å². The average Bonchev–Trinajstić information content (AvgIpc) is 2.22. The van der Waals surface area contributed by atoms with Crippen LogP contribution in [0.4, 0.5) is 10.2 Å². The van der Waals surface area contributed by atoms with E-state index in [0.29, 0.717) is 12.2 Å². The Labute approximate surface area is 102 Å². The van der Waals surface area contributed by atoms with Gasteiger partial charge in [-0.2, -0.15) is 0 Å². The molecule has 1 atom stereocenters. The van der Waals surface area contributed by atoms with Gasteiger partial charge in [0, 0.05) is 6.04 Å². The number of nitrogens with one attached hydrogen (secondary N) is 1. The third kappa shape index (κ3) is 3.63. The van der Waals surface area contributed by atoms with Crippen LogP contribution in [0.25, 0.3) is 0 Å². The smallest absolute Gasteiger partial charge is 0.186 e. The Morgan fingerprint density at radius 3 is 2.59 bits per heavy atom. The molecule has 0 radical (unpaired) electrons. The van der Waals surface area contributed by atoms with Crippen LogP contribution in [0, 0.1) is 18.2 Å². The summed E-state index contributed by atoms with van der Waals surface area (Å²) >= 11 is 0. The van der Waals surface area contributed by atoms with E-state index in [0.717, 1.165) is 6.42 Å². The second-order valence-corrected chi connectivity index (χ2v) is 5.26. The lowest BCUT2D eigenvalue weighted by Crippen LogP contribution is -2.36. The summed E-state index contributed by atoms with van der Waals surface area (Å²) in [7, 11) is 0. The summed E-state index contributed by atoms with van der Waals surface area (Å²) in [5.41, 5.74) is 5.92. The van der Waals surface area contributed by atoms with Crippen LogP contribution in [0.15, 0.2) is 6.33 Å². The van der Waals surface area contributed by atoms with Crippen molar-refractivity contribution in [2.24, 2.45) is 11.1 Å². The van der Waals surface area contributed by atoms with Crippen LogP contribution in [0.5, 0.6) is 0 Å². The molecule has 0 aromatic carbocycles. The fourth-order valence-electron chi connectivity index (χ4n) is 1.61. The van der Waals surface area contributed by atoms with E-state index in [4.69, 9.17) is 5.73 Å². The minimum atomic E-state index is -0.390. The zero-order valence-corrected chi connectivity index (χ0v) is 10.9. The van der Waals surface area contributed by atoms with Crippen molar-refractivity contribution < 1.29 is 4.39 Å². The molecule has 0 fully saturated rings. The van der Waals surface area contributed by atoms with E-state index in [9.17, 15) is 4.39 Å². The normalized spacial score (nSPS) is 13.5. The van der Waals surface area contributed by atoms with E-state index in [1.807, 2.05) is 0 Å². The summed E-state index contributed by atoms with van der Waals surface area (Å²) < 4.78 is 13.8. The molecule has 96 valence electrons. The number of hydrogen-bond acceptors (Lipinski definition) is 4. The highest BCUT2D eigenvalue weighted by Crippen LogP contribution is 2.25. The van der Waals surface area contributed by atoms with Gasteiger partial charge in [0.15, 0.2) is 11.6 Å². The molecule has 17 heavy (non-hydrogen) atoms. The number of aryl methyl sites for hydroxylation is 1. The second-order valence-electron chi connectivity index (χ2n) is 5.26. The Kier molecular flexibility index (Phi) is 4.40. The molecule has 1 rings (SSSR count). The first-order chi connectivity index (χ1) is 7.86. The number of anilines is 1. The fourth-order valence-corrected chi connectivity index (χ4v) is 1.61. The Bertz CT molecular complexity index is 373. The maximum atomic E-state index is 13.8. The zero-order chi connectivity index (χ0) is 13.1. The van der Waals surface area contributed by atoms with Gasteiger partial charge in [-0.3, -0.25) is 0 Å². The van der Waals surface area contributed by atoms with Crippen molar-refractivity contribution in [2.45, 2.75) is 40.2 Å². The molecule has 0 saturated carbocycles. The molecule has 1 aromatic heterocycles. The highest BCUT2D eigenvalue weighted by atomic mass is 19.1. The molecule has 0 bridgehead atoms. The predicted octanol–water partition coefficient (Wildman–Crippen LogP) is 2.10. The molecule has 0 spiro atoms. The van der Waals surface area contributed by atoms with Gasteiger partial charge in [0.2, 0.25) is 0 Å². The van der Waals surface area contributed by atoms with Gasteiger partial charge in [-0.25, -0.2) is 14.4 Å². The highest BCUT2D eigenvalue weighted by molar-refractivity contribution is 5.38. The van der Waals surface area contributed by atoms with Crippen molar-refractivity contribution in [3.05, 3.63) is 17.8 Å². The first-order valence-corrected chi connectivity index (χ1v) is 5.80. The summed E-state index contributed by atoms with van der Waals surface area (Å²) in [5.74, 6) is -0.135. The molecule has 0 aliphatic carbocycles. The van der Waals surface area contributed by atoms with Gasteiger partial charge in [0.25, 0.3) is 0 Å². The molecule has 1 unspecified atom stereocenters. The van der Waals surface area contributed by atoms with Crippen LogP contribution in [-0.4, -0.2) is 22.6 Å². The second kappa shape index (κ2) is 5.40.